The van der Waals surface area contributed by atoms with Gasteiger partial charge in [0.15, 0.2) is 0 Å². The number of rotatable bonds is 2. The van der Waals surface area contributed by atoms with Crippen LogP contribution in [0.25, 0.3) is 0 Å². The van der Waals surface area contributed by atoms with Crippen molar-refractivity contribution in [1.82, 2.24) is 0 Å². The van der Waals surface area contributed by atoms with Crippen molar-refractivity contribution in [3.05, 3.63) is 11.6 Å². The minimum Gasteiger partial charge on any atom is -0.396 e. The van der Waals surface area contributed by atoms with E-state index >= 15 is 0 Å². The van der Waals surface area contributed by atoms with Gasteiger partial charge in [0.05, 0.1) is 0 Å². The predicted octanol–water partition coefficient (Wildman–Crippen LogP) is 2.90. The Morgan fingerprint density at radius 1 is 1.42 bits per heavy atom. The van der Waals surface area contributed by atoms with Gasteiger partial charge in [-0.15, -0.1) is 0 Å². The van der Waals surface area contributed by atoms with Gasteiger partial charge in [-0.1, -0.05) is 24.5 Å². The highest BCUT2D eigenvalue weighted by atomic mass is 16.3. The first-order valence-corrected chi connectivity index (χ1v) is 5.11. The molecular weight excluding hydrogens is 148 g/mol. The van der Waals surface area contributed by atoms with E-state index in [0.717, 1.165) is 6.42 Å². The van der Waals surface area contributed by atoms with Gasteiger partial charge >= 0.3 is 0 Å². The molecule has 1 aliphatic rings. The maximum atomic E-state index is 8.84. The van der Waals surface area contributed by atoms with Gasteiger partial charge in [-0.25, -0.2) is 0 Å². The first kappa shape index (κ1) is 9.79. The molecule has 0 saturated carbocycles. The van der Waals surface area contributed by atoms with E-state index in [1.54, 1.807) is 0 Å². The Bertz CT molecular complexity index is 149. The standard InChI is InChI=1S/C11H20O/c1-10-5-3-2-4-6-11(9-10)7-8-12/h9,11-12H,2-8H2,1H3. The quantitative estimate of drug-likeness (QED) is 0.629. The van der Waals surface area contributed by atoms with Gasteiger partial charge in [0.25, 0.3) is 0 Å². The average molecular weight is 168 g/mol. The van der Waals surface area contributed by atoms with Gasteiger partial charge < -0.3 is 5.11 Å². The molecule has 0 aromatic heterocycles. The number of hydrogen-bond acceptors (Lipinski definition) is 1. The molecule has 1 nitrogen and oxygen atoms in total. The Balaban J connectivity index is 2.45. The van der Waals surface area contributed by atoms with Crippen LogP contribution in [0.5, 0.6) is 0 Å². The highest BCUT2D eigenvalue weighted by Gasteiger charge is 2.07. The zero-order valence-corrected chi connectivity index (χ0v) is 8.05. The van der Waals surface area contributed by atoms with Crippen LogP contribution in [0.1, 0.15) is 45.4 Å². The van der Waals surface area contributed by atoms with E-state index in [4.69, 9.17) is 5.11 Å². The first-order valence-electron chi connectivity index (χ1n) is 5.11. The molecule has 1 atom stereocenters. The van der Waals surface area contributed by atoms with Crippen LogP contribution in [0.3, 0.4) is 0 Å². The molecule has 0 heterocycles. The molecule has 0 bridgehead atoms. The molecule has 0 radical (unpaired) electrons. The average Bonchev–Trinajstić information content (AvgIpc) is 2.00. The maximum absolute atomic E-state index is 8.84. The smallest absolute Gasteiger partial charge is 0.0436 e. The fraction of sp³-hybridized carbons (Fsp3) is 0.818. The lowest BCUT2D eigenvalue weighted by Gasteiger charge is -2.15. The van der Waals surface area contributed by atoms with Crippen LogP contribution < -0.4 is 0 Å². The van der Waals surface area contributed by atoms with Crippen LogP contribution in [0.2, 0.25) is 0 Å². The lowest BCUT2D eigenvalue weighted by Crippen LogP contribution is -2.03. The first-order chi connectivity index (χ1) is 5.83. The van der Waals surface area contributed by atoms with Gasteiger partial charge in [0, 0.05) is 6.61 Å². The molecule has 1 aliphatic carbocycles. The number of hydrogen-bond donors (Lipinski definition) is 1. The maximum Gasteiger partial charge on any atom is 0.0436 e. The highest BCUT2D eigenvalue weighted by Crippen LogP contribution is 2.22. The van der Waals surface area contributed by atoms with Crippen LogP contribution in [0.4, 0.5) is 0 Å². The van der Waals surface area contributed by atoms with E-state index in [1.807, 2.05) is 0 Å². The van der Waals surface area contributed by atoms with Crippen molar-refractivity contribution < 1.29 is 5.11 Å². The van der Waals surface area contributed by atoms with E-state index in [0.29, 0.717) is 12.5 Å². The summed E-state index contributed by atoms with van der Waals surface area (Å²) in [6, 6.07) is 0. The molecular formula is C11H20O. The summed E-state index contributed by atoms with van der Waals surface area (Å²) in [7, 11) is 0. The summed E-state index contributed by atoms with van der Waals surface area (Å²) in [5.41, 5.74) is 1.52. The molecule has 0 aromatic rings. The number of allylic oxidation sites excluding steroid dienone is 2. The zero-order valence-electron chi connectivity index (χ0n) is 8.05. The summed E-state index contributed by atoms with van der Waals surface area (Å²) in [5, 5.41) is 8.84. The largest absolute Gasteiger partial charge is 0.396 e. The molecule has 0 aliphatic heterocycles. The van der Waals surface area contributed by atoms with Gasteiger partial charge in [0.1, 0.15) is 0 Å². The van der Waals surface area contributed by atoms with Crippen LogP contribution in [-0.4, -0.2) is 11.7 Å². The lowest BCUT2D eigenvalue weighted by atomic mass is 9.91. The van der Waals surface area contributed by atoms with Gasteiger partial charge in [-0.2, -0.15) is 0 Å². The summed E-state index contributed by atoms with van der Waals surface area (Å²) in [6.07, 6.45) is 9.93. The number of aliphatic hydroxyl groups excluding tert-OH is 1. The van der Waals surface area contributed by atoms with Gasteiger partial charge in [-0.05, 0) is 38.5 Å². The lowest BCUT2D eigenvalue weighted by molar-refractivity contribution is 0.264. The molecule has 0 spiro atoms. The van der Waals surface area contributed by atoms with Gasteiger partial charge in [0.2, 0.25) is 0 Å². The molecule has 0 fully saturated rings. The normalized spacial score (nSPS) is 25.8. The molecule has 1 heteroatoms. The van der Waals surface area contributed by atoms with Crippen molar-refractivity contribution >= 4 is 0 Å². The molecule has 0 aromatic carbocycles. The van der Waals surface area contributed by atoms with Crippen molar-refractivity contribution in [2.24, 2.45) is 5.92 Å². The zero-order chi connectivity index (χ0) is 8.81. The van der Waals surface area contributed by atoms with Crippen LogP contribution in [0.15, 0.2) is 11.6 Å². The molecule has 70 valence electrons. The van der Waals surface area contributed by atoms with E-state index < -0.39 is 0 Å². The Kier molecular flexibility index (Phi) is 4.37. The van der Waals surface area contributed by atoms with Crippen LogP contribution >= 0.6 is 0 Å². The minimum absolute atomic E-state index is 0.342. The Morgan fingerprint density at radius 3 is 3.00 bits per heavy atom. The van der Waals surface area contributed by atoms with Crippen LogP contribution in [-0.2, 0) is 0 Å². The molecule has 0 amide bonds. The third-order valence-corrected chi connectivity index (χ3v) is 2.67. The Labute approximate surface area is 75.5 Å². The predicted molar refractivity (Wildman–Crippen MR) is 52.0 cm³/mol. The Hall–Kier alpha value is -0.300. The minimum atomic E-state index is 0.342. The number of aliphatic hydroxyl groups is 1. The molecule has 1 unspecified atom stereocenters. The van der Waals surface area contributed by atoms with Gasteiger partial charge in [-0.3, -0.25) is 0 Å². The highest BCUT2D eigenvalue weighted by molar-refractivity contribution is 5.02. The van der Waals surface area contributed by atoms with Crippen molar-refractivity contribution in [3.63, 3.8) is 0 Å². The third-order valence-electron chi connectivity index (χ3n) is 2.67. The van der Waals surface area contributed by atoms with Crippen molar-refractivity contribution in [3.8, 4) is 0 Å². The molecule has 12 heavy (non-hydrogen) atoms. The topological polar surface area (TPSA) is 20.2 Å². The second kappa shape index (κ2) is 5.36. The summed E-state index contributed by atoms with van der Waals surface area (Å²) in [6.45, 7) is 2.56. The van der Waals surface area contributed by atoms with E-state index in [2.05, 4.69) is 13.0 Å². The molecule has 1 N–H and O–H groups in total. The summed E-state index contributed by atoms with van der Waals surface area (Å²) >= 11 is 0. The summed E-state index contributed by atoms with van der Waals surface area (Å²) < 4.78 is 0. The van der Waals surface area contributed by atoms with Crippen molar-refractivity contribution in [1.29, 1.82) is 0 Å². The molecule has 0 saturated heterocycles. The summed E-state index contributed by atoms with van der Waals surface area (Å²) in [4.78, 5) is 0. The van der Waals surface area contributed by atoms with Crippen molar-refractivity contribution in [2.45, 2.75) is 45.4 Å². The monoisotopic (exact) mass is 168 g/mol. The van der Waals surface area contributed by atoms with Crippen molar-refractivity contribution in [2.75, 3.05) is 6.61 Å². The van der Waals surface area contributed by atoms with E-state index in [1.165, 1.54) is 37.7 Å². The van der Waals surface area contributed by atoms with Crippen LogP contribution in [0, 0.1) is 5.92 Å². The second-order valence-corrected chi connectivity index (χ2v) is 3.88. The molecule has 1 rings (SSSR count). The fourth-order valence-corrected chi connectivity index (χ4v) is 1.95. The fourth-order valence-electron chi connectivity index (χ4n) is 1.95. The SMILES string of the molecule is CC1=CC(CCO)CCCCC1. The van der Waals surface area contributed by atoms with E-state index in [-0.39, 0.29) is 0 Å². The third kappa shape index (κ3) is 3.40. The second-order valence-electron chi connectivity index (χ2n) is 3.88. The summed E-state index contributed by atoms with van der Waals surface area (Å²) in [5.74, 6) is 0.648. The Morgan fingerprint density at radius 2 is 2.25 bits per heavy atom. The van der Waals surface area contributed by atoms with E-state index in [9.17, 15) is 0 Å².